The van der Waals surface area contributed by atoms with Gasteiger partial charge in [0.05, 0.1) is 6.61 Å². The maximum atomic E-state index is 12.1. The zero-order chi connectivity index (χ0) is 15.8. The molecule has 0 bridgehead atoms. The van der Waals surface area contributed by atoms with E-state index in [4.69, 9.17) is 10.8 Å². The summed E-state index contributed by atoms with van der Waals surface area (Å²) in [5.41, 5.74) is 5.90. The number of aliphatic hydroxyl groups is 1. The van der Waals surface area contributed by atoms with Crippen LogP contribution in [0, 0.1) is 0 Å². The molecule has 2 atom stereocenters. The molecule has 0 radical (unpaired) electrons. The normalized spacial score (nSPS) is 13.0. The van der Waals surface area contributed by atoms with Gasteiger partial charge in [0.15, 0.2) is 0 Å². The number of rotatable bonds is 7. The highest BCUT2D eigenvalue weighted by molar-refractivity contribution is 5.91. The maximum Gasteiger partial charge on any atom is 0.243 e. The summed E-state index contributed by atoms with van der Waals surface area (Å²) in [7, 11) is 0. The average molecular weight is 293 g/mol. The van der Waals surface area contributed by atoms with E-state index in [1.54, 1.807) is 0 Å². The second kappa shape index (κ2) is 8.01. The van der Waals surface area contributed by atoms with E-state index in [1.807, 2.05) is 30.3 Å². The Labute approximate surface area is 122 Å². The third kappa shape index (κ3) is 5.62. The molecule has 1 aromatic carbocycles. The maximum absolute atomic E-state index is 12.1. The number of carbonyl (C=O) groups is 3. The second-order valence-corrected chi connectivity index (χ2v) is 4.59. The van der Waals surface area contributed by atoms with Crippen LogP contribution >= 0.6 is 0 Å². The van der Waals surface area contributed by atoms with Gasteiger partial charge in [-0.1, -0.05) is 30.3 Å². The average Bonchev–Trinajstić information content (AvgIpc) is 2.44. The molecular weight excluding hydrogens is 274 g/mol. The first kappa shape index (κ1) is 16.6. The minimum absolute atomic E-state index is 0.267. The fraction of sp³-hybridized carbons (Fsp3) is 0.357. The van der Waals surface area contributed by atoms with E-state index < -0.39 is 30.5 Å². The fourth-order valence-electron chi connectivity index (χ4n) is 1.78. The van der Waals surface area contributed by atoms with E-state index in [-0.39, 0.29) is 12.3 Å². The lowest BCUT2D eigenvalue weighted by Gasteiger charge is -2.20. The number of amides is 3. The summed E-state index contributed by atoms with van der Waals surface area (Å²) in [6.07, 6.45) is 0.267. The molecule has 5 N–H and O–H groups in total. The fourth-order valence-corrected chi connectivity index (χ4v) is 1.78. The molecule has 0 fully saturated rings. The molecule has 7 heteroatoms. The zero-order valence-corrected chi connectivity index (χ0v) is 11.7. The number of hydrogen-bond acceptors (Lipinski definition) is 4. The van der Waals surface area contributed by atoms with Crippen LogP contribution < -0.4 is 16.4 Å². The Kier molecular flexibility index (Phi) is 6.35. The lowest BCUT2D eigenvalue weighted by atomic mass is 10.0. The van der Waals surface area contributed by atoms with Crippen LogP contribution in [0.25, 0.3) is 0 Å². The van der Waals surface area contributed by atoms with Crippen molar-refractivity contribution in [3.63, 3.8) is 0 Å². The quantitative estimate of drug-likeness (QED) is 0.499. The first-order chi connectivity index (χ1) is 9.93. The molecule has 0 heterocycles. The molecule has 1 rings (SSSR count). The van der Waals surface area contributed by atoms with Gasteiger partial charge in [0, 0.05) is 13.3 Å². The van der Waals surface area contributed by atoms with Crippen LogP contribution in [0.2, 0.25) is 0 Å². The number of carbonyl (C=O) groups excluding carboxylic acids is 3. The van der Waals surface area contributed by atoms with E-state index >= 15 is 0 Å². The van der Waals surface area contributed by atoms with E-state index in [1.165, 1.54) is 6.92 Å². The molecule has 7 nitrogen and oxygen atoms in total. The van der Waals surface area contributed by atoms with Gasteiger partial charge >= 0.3 is 0 Å². The predicted octanol–water partition coefficient (Wildman–Crippen LogP) is -1.30. The number of hydrogen-bond donors (Lipinski definition) is 4. The predicted molar refractivity (Wildman–Crippen MR) is 76.0 cm³/mol. The van der Waals surface area contributed by atoms with Crippen molar-refractivity contribution >= 4 is 17.7 Å². The summed E-state index contributed by atoms with van der Waals surface area (Å²) in [6.45, 7) is 0.697. The molecule has 21 heavy (non-hydrogen) atoms. The monoisotopic (exact) mass is 293 g/mol. The van der Waals surface area contributed by atoms with E-state index in [9.17, 15) is 14.4 Å². The lowest BCUT2D eigenvalue weighted by Crippen LogP contribution is -2.54. The van der Waals surface area contributed by atoms with E-state index in [0.29, 0.717) is 0 Å². The van der Waals surface area contributed by atoms with Crippen molar-refractivity contribution in [2.75, 3.05) is 6.61 Å². The van der Waals surface area contributed by atoms with Gasteiger partial charge in [-0.3, -0.25) is 14.4 Å². The molecule has 0 saturated heterocycles. The first-order valence-corrected chi connectivity index (χ1v) is 6.45. The van der Waals surface area contributed by atoms with Crippen LogP contribution in [0.4, 0.5) is 0 Å². The van der Waals surface area contributed by atoms with Crippen LogP contribution in [-0.4, -0.2) is 41.5 Å². The minimum atomic E-state index is -1.18. The highest BCUT2D eigenvalue weighted by Crippen LogP contribution is 2.04. The molecule has 1 aromatic rings. The van der Waals surface area contributed by atoms with E-state index in [2.05, 4.69) is 10.6 Å². The molecular formula is C14H19N3O4. The van der Waals surface area contributed by atoms with Crippen LogP contribution in [0.5, 0.6) is 0 Å². The number of aliphatic hydroxyl groups excluding tert-OH is 1. The number of benzene rings is 1. The van der Waals surface area contributed by atoms with E-state index in [0.717, 1.165) is 5.56 Å². The van der Waals surface area contributed by atoms with Crippen LogP contribution in [-0.2, 0) is 20.8 Å². The summed E-state index contributed by atoms with van der Waals surface area (Å²) in [6, 6.07) is 7.09. The number of nitrogens with one attached hydrogen (secondary N) is 2. The Hall–Kier alpha value is -2.41. The minimum Gasteiger partial charge on any atom is -0.394 e. The van der Waals surface area contributed by atoms with Gasteiger partial charge in [-0.25, -0.2) is 0 Å². The Morgan fingerprint density at radius 1 is 1.14 bits per heavy atom. The molecule has 0 saturated carbocycles. The second-order valence-electron chi connectivity index (χ2n) is 4.59. The topological polar surface area (TPSA) is 122 Å². The summed E-state index contributed by atoms with van der Waals surface area (Å²) < 4.78 is 0. The van der Waals surface area contributed by atoms with Crippen LogP contribution in [0.3, 0.4) is 0 Å². The van der Waals surface area contributed by atoms with Gasteiger partial charge < -0.3 is 21.5 Å². The Bertz CT molecular complexity index is 504. The van der Waals surface area contributed by atoms with Crippen molar-refractivity contribution in [2.45, 2.75) is 25.4 Å². The molecule has 3 amide bonds. The molecule has 0 aliphatic rings. The standard InChI is InChI=1S/C14H19N3O4/c1-9(19)16-11(7-10-5-3-2-4-6-10)14(21)17-12(8-18)13(15)20/h2-6,11-12,18H,7-8H2,1H3,(H2,15,20)(H,16,19)(H,17,21)/t11-,12-/m0/s1. The van der Waals surface area contributed by atoms with Crippen LogP contribution in [0.15, 0.2) is 30.3 Å². The van der Waals surface area contributed by atoms with Gasteiger partial charge in [0.2, 0.25) is 17.7 Å². The largest absolute Gasteiger partial charge is 0.394 e. The third-order valence-electron chi connectivity index (χ3n) is 2.82. The van der Waals surface area contributed by atoms with Gasteiger partial charge in [-0.15, -0.1) is 0 Å². The Morgan fingerprint density at radius 3 is 2.24 bits per heavy atom. The van der Waals surface area contributed by atoms with Gasteiger partial charge in [-0.05, 0) is 5.56 Å². The molecule has 0 unspecified atom stereocenters. The first-order valence-electron chi connectivity index (χ1n) is 6.45. The molecule has 114 valence electrons. The summed E-state index contributed by atoms with van der Waals surface area (Å²) in [4.78, 5) is 34.3. The Morgan fingerprint density at radius 2 is 1.76 bits per heavy atom. The number of nitrogens with two attached hydrogens (primary N) is 1. The van der Waals surface area contributed by atoms with Crippen LogP contribution in [0.1, 0.15) is 12.5 Å². The van der Waals surface area contributed by atoms with Crippen molar-refractivity contribution in [1.29, 1.82) is 0 Å². The molecule has 0 aliphatic heterocycles. The number of primary amides is 1. The Balaban J connectivity index is 2.79. The van der Waals surface area contributed by atoms with Gasteiger partial charge in [-0.2, -0.15) is 0 Å². The summed E-state index contributed by atoms with van der Waals surface area (Å²) in [5, 5.41) is 13.8. The van der Waals surface area contributed by atoms with Crippen molar-refractivity contribution < 1.29 is 19.5 Å². The summed E-state index contributed by atoms with van der Waals surface area (Å²) >= 11 is 0. The van der Waals surface area contributed by atoms with Gasteiger partial charge in [0.25, 0.3) is 0 Å². The molecule has 0 aromatic heterocycles. The van der Waals surface area contributed by atoms with Crippen molar-refractivity contribution in [3.05, 3.63) is 35.9 Å². The SMILES string of the molecule is CC(=O)N[C@@H](Cc1ccccc1)C(=O)N[C@@H](CO)C(N)=O. The third-order valence-corrected chi connectivity index (χ3v) is 2.82. The molecule has 0 spiro atoms. The van der Waals surface area contributed by atoms with Crippen molar-refractivity contribution in [3.8, 4) is 0 Å². The van der Waals surface area contributed by atoms with Crippen molar-refractivity contribution in [1.82, 2.24) is 10.6 Å². The molecule has 0 aliphatic carbocycles. The summed E-state index contributed by atoms with van der Waals surface area (Å²) in [5.74, 6) is -1.79. The van der Waals surface area contributed by atoms with Crippen molar-refractivity contribution in [2.24, 2.45) is 5.73 Å². The highest BCUT2D eigenvalue weighted by Gasteiger charge is 2.24. The highest BCUT2D eigenvalue weighted by atomic mass is 16.3. The zero-order valence-electron chi connectivity index (χ0n) is 11.7. The van der Waals surface area contributed by atoms with Gasteiger partial charge in [0.1, 0.15) is 12.1 Å². The smallest absolute Gasteiger partial charge is 0.243 e. The lowest BCUT2D eigenvalue weighted by molar-refractivity contribution is -0.131.